The minimum atomic E-state index is -0.896. The molecule has 1 amide bonds. The molecule has 4 aliphatic carbocycles. The molecule has 4 saturated carbocycles. The molecule has 0 spiro atoms. The van der Waals surface area contributed by atoms with Crippen LogP contribution in [0.15, 0.2) is 12.1 Å². The third-order valence-electron chi connectivity index (χ3n) is 12.5. The van der Waals surface area contributed by atoms with E-state index in [9.17, 15) is 23.8 Å². The van der Waals surface area contributed by atoms with Gasteiger partial charge in [-0.15, -0.1) is 0 Å². The van der Waals surface area contributed by atoms with Gasteiger partial charge in [-0.05, 0) is 122 Å². The summed E-state index contributed by atoms with van der Waals surface area (Å²) < 4.78 is 27.5. The number of carbonyl (C=O) groups is 1. The molecular weight excluding hydrogens is 484 g/mol. The summed E-state index contributed by atoms with van der Waals surface area (Å²) in [6, 6.07) is 2.40. The molecule has 1 aliphatic heterocycles. The highest BCUT2D eigenvalue weighted by Crippen LogP contribution is 2.68. The van der Waals surface area contributed by atoms with E-state index in [0.717, 1.165) is 51.4 Å². The summed E-state index contributed by atoms with van der Waals surface area (Å²) in [6.45, 7) is 7.70. The Bertz CT molecular complexity index is 1090. The van der Waals surface area contributed by atoms with Crippen molar-refractivity contribution in [2.75, 3.05) is 11.4 Å². The largest absolute Gasteiger partial charge is 0.393 e. The van der Waals surface area contributed by atoms with Crippen molar-refractivity contribution in [3.05, 3.63) is 29.3 Å². The van der Waals surface area contributed by atoms with Crippen molar-refractivity contribution in [3.63, 3.8) is 0 Å². The highest BCUT2D eigenvalue weighted by Gasteiger charge is 2.62. The maximum Gasteiger partial charge on any atom is 0.227 e. The zero-order valence-electron chi connectivity index (χ0n) is 23.3. The van der Waals surface area contributed by atoms with Crippen LogP contribution in [0.1, 0.15) is 90.5 Å². The van der Waals surface area contributed by atoms with Crippen molar-refractivity contribution in [3.8, 4) is 0 Å². The fourth-order valence-electron chi connectivity index (χ4n) is 10.5. The average Bonchev–Trinajstić information content (AvgIpc) is 3.44. The van der Waals surface area contributed by atoms with Crippen LogP contribution >= 0.6 is 0 Å². The Morgan fingerprint density at radius 1 is 1.03 bits per heavy atom. The number of fused-ring (bicyclic) bond motifs is 6. The monoisotopic (exact) mass is 529 g/mol. The summed E-state index contributed by atoms with van der Waals surface area (Å²) in [5.74, 6) is 1.02. The first-order valence-corrected chi connectivity index (χ1v) is 15.2. The van der Waals surface area contributed by atoms with Gasteiger partial charge in [-0.3, -0.25) is 4.79 Å². The number of halogens is 2. The van der Waals surface area contributed by atoms with Gasteiger partial charge >= 0.3 is 0 Å². The number of aliphatic hydroxyl groups is 2. The van der Waals surface area contributed by atoms with Crippen molar-refractivity contribution in [1.82, 2.24) is 0 Å². The molecule has 1 heterocycles. The molecule has 0 bridgehead atoms. The van der Waals surface area contributed by atoms with Crippen LogP contribution in [0, 0.1) is 58.0 Å². The Hall–Kier alpha value is -1.53. The van der Waals surface area contributed by atoms with Gasteiger partial charge in [0.05, 0.1) is 12.2 Å². The van der Waals surface area contributed by atoms with E-state index >= 15 is 0 Å². The molecule has 1 aromatic rings. The van der Waals surface area contributed by atoms with Crippen molar-refractivity contribution in [2.24, 2.45) is 46.3 Å². The lowest BCUT2D eigenvalue weighted by Gasteiger charge is -2.62. The van der Waals surface area contributed by atoms with Gasteiger partial charge in [-0.25, -0.2) is 8.78 Å². The lowest BCUT2D eigenvalue weighted by atomic mass is 9.43. The van der Waals surface area contributed by atoms with E-state index in [4.69, 9.17) is 0 Å². The SMILES string of the molecule is C[C@H](CCC(=O)N1CCc2cc(F)c(F)cc21)[C@H]1CC[C@H]2[C@@H]3[C@@H](O)C[C@@H]4C[C@H](O)CC[C@]4(C)[C@H]3CC[C@]12C. The van der Waals surface area contributed by atoms with E-state index in [-0.39, 0.29) is 28.9 Å². The maximum atomic E-state index is 13.9. The second-order valence-corrected chi connectivity index (χ2v) is 14.2. The number of hydrogen-bond donors (Lipinski definition) is 2. The van der Waals surface area contributed by atoms with Gasteiger partial charge in [0.2, 0.25) is 5.91 Å². The normalized spacial score (nSPS) is 42.7. The lowest BCUT2D eigenvalue weighted by Crippen LogP contribution is -2.58. The van der Waals surface area contributed by atoms with Crippen LogP contribution in [0.25, 0.3) is 0 Å². The van der Waals surface area contributed by atoms with Gasteiger partial charge < -0.3 is 15.1 Å². The van der Waals surface area contributed by atoms with Crippen LogP contribution in [0.2, 0.25) is 0 Å². The lowest BCUT2D eigenvalue weighted by molar-refractivity contribution is -0.174. The summed E-state index contributed by atoms with van der Waals surface area (Å²) in [7, 11) is 0. The number of nitrogens with zero attached hydrogens (tertiary/aromatic N) is 1. The molecule has 0 aromatic heterocycles. The Morgan fingerprint density at radius 2 is 1.74 bits per heavy atom. The van der Waals surface area contributed by atoms with Crippen LogP contribution in [0.4, 0.5) is 14.5 Å². The Balaban J connectivity index is 1.13. The smallest absolute Gasteiger partial charge is 0.227 e. The quantitative estimate of drug-likeness (QED) is 0.484. The van der Waals surface area contributed by atoms with Crippen molar-refractivity contribution in [2.45, 2.75) is 104 Å². The number of amides is 1. The number of anilines is 1. The van der Waals surface area contributed by atoms with Gasteiger partial charge in [0.1, 0.15) is 0 Å². The van der Waals surface area contributed by atoms with Crippen LogP contribution in [-0.4, -0.2) is 34.9 Å². The van der Waals surface area contributed by atoms with Crippen LogP contribution in [0.3, 0.4) is 0 Å². The first-order valence-electron chi connectivity index (χ1n) is 15.2. The molecule has 0 saturated heterocycles. The van der Waals surface area contributed by atoms with E-state index < -0.39 is 11.6 Å². The molecule has 2 N–H and O–H groups in total. The molecule has 6 heteroatoms. The highest BCUT2D eigenvalue weighted by molar-refractivity contribution is 5.95. The van der Waals surface area contributed by atoms with Gasteiger partial charge in [-0.2, -0.15) is 0 Å². The van der Waals surface area contributed by atoms with Crippen LogP contribution in [-0.2, 0) is 11.2 Å². The predicted octanol–water partition coefficient (Wildman–Crippen LogP) is 6.26. The van der Waals surface area contributed by atoms with Crippen molar-refractivity contribution in [1.29, 1.82) is 0 Å². The summed E-state index contributed by atoms with van der Waals surface area (Å²) in [5, 5.41) is 21.8. The fraction of sp³-hybridized carbons (Fsp3) is 0.781. The molecule has 6 rings (SSSR count). The van der Waals surface area contributed by atoms with Gasteiger partial charge in [0, 0.05) is 24.7 Å². The first-order chi connectivity index (χ1) is 18.0. The molecule has 1 aromatic carbocycles. The number of aliphatic hydroxyl groups excluding tert-OH is 2. The number of rotatable bonds is 4. The third-order valence-corrected chi connectivity index (χ3v) is 12.5. The van der Waals surface area contributed by atoms with Crippen molar-refractivity contribution >= 4 is 11.6 Å². The second kappa shape index (κ2) is 9.54. The maximum absolute atomic E-state index is 13.9. The molecule has 4 fully saturated rings. The summed E-state index contributed by atoms with van der Waals surface area (Å²) in [6.07, 6.45) is 9.61. The number of benzene rings is 1. The van der Waals surface area contributed by atoms with Crippen LogP contribution < -0.4 is 4.90 Å². The number of carbonyl (C=O) groups excluding carboxylic acids is 1. The molecule has 5 aliphatic rings. The van der Waals surface area contributed by atoms with E-state index in [0.29, 0.717) is 66.1 Å². The van der Waals surface area contributed by atoms with Gasteiger partial charge in [0.25, 0.3) is 0 Å². The van der Waals surface area contributed by atoms with E-state index in [1.807, 2.05) is 0 Å². The fourth-order valence-corrected chi connectivity index (χ4v) is 10.5. The standard InChI is InChI=1S/C32H45F2NO3/c1-18(4-7-29(38)35-13-10-19-14-25(33)26(34)17-27(19)35)22-5-6-23-30-24(9-12-32(22,23)3)31(2)11-8-21(36)15-20(31)16-28(30)37/h14,17-18,20-24,28,30,36-37H,4-13,15-16H2,1-3H3/t18-,20+,21-,22-,23+,24+,28+,30+,31+,32-/m1/s1. The zero-order chi connectivity index (χ0) is 27.0. The van der Waals surface area contributed by atoms with E-state index in [1.165, 1.54) is 18.6 Å². The molecule has 0 radical (unpaired) electrons. The Labute approximate surface area is 226 Å². The number of hydrogen-bond acceptors (Lipinski definition) is 3. The Kier molecular flexibility index (Phi) is 6.70. The van der Waals surface area contributed by atoms with Crippen molar-refractivity contribution < 1.29 is 23.8 Å². The van der Waals surface area contributed by atoms with E-state index in [1.54, 1.807) is 4.90 Å². The average molecular weight is 530 g/mol. The van der Waals surface area contributed by atoms with Crippen LogP contribution in [0.5, 0.6) is 0 Å². The molecule has 4 nitrogen and oxygen atoms in total. The summed E-state index contributed by atoms with van der Waals surface area (Å²) >= 11 is 0. The van der Waals surface area contributed by atoms with Gasteiger partial charge in [0.15, 0.2) is 11.6 Å². The van der Waals surface area contributed by atoms with E-state index in [2.05, 4.69) is 20.8 Å². The second-order valence-electron chi connectivity index (χ2n) is 14.2. The molecule has 210 valence electrons. The minimum Gasteiger partial charge on any atom is -0.393 e. The summed E-state index contributed by atoms with van der Waals surface area (Å²) in [5.41, 5.74) is 1.65. The molecule has 38 heavy (non-hydrogen) atoms. The topological polar surface area (TPSA) is 60.8 Å². The molecule has 10 atom stereocenters. The molecule has 0 unspecified atom stereocenters. The highest BCUT2D eigenvalue weighted by atomic mass is 19.2. The minimum absolute atomic E-state index is 0.00571. The first kappa shape index (κ1) is 26.7. The Morgan fingerprint density at radius 3 is 2.53 bits per heavy atom. The zero-order valence-corrected chi connectivity index (χ0v) is 23.3. The van der Waals surface area contributed by atoms with Gasteiger partial charge in [-0.1, -0.05) is 20.8 Å². The molecular formula is C32H45F2NO3. The summed E-state index contributed by atoms with van der Waals surface area (Å²) in [4.78, 5) is 14.8. The predicted molar refractivity (Wildman–Crippen MR) is 143 cm³/mol. The third kappa shape index (κ3) is 4.06.